The van der Waals surface area contributed by atoms with Crippen molar-refractivity contribution in [3.8, 4) is 6.07 Å². The zero-order chi connectivity index (χ0) is 13.5. The standard InChI is InChI=1S/C13H17BrN2O2/c1-9(2)18-8-12(17)7-16-13-4-3-11(14)5-10(13)6-15/h3-5,9,12,16-17H,7-8H2,1-2H3. The van der Waals surface area contributed by atoms with Gasteiger partial charge in [-0.1, -0.05) is 15.9 Å². The lowest BCUT2D eigenvalue weighted by Gasteiger charge is -2.15. The normalized spacial score (nSPS) is 12.2. The van der Waals surface area contributed by atoms with Gasteiger partial charge in [0.2, 0.25) is 0 Å². The minimum absolute atomic E-state index is 0.0991. The number of halogens is 1. The number of nitrogens with one attached hydrogen (secondary N) is 1. The maximum Gasteiger partial charge on any atom is 0.101 e. The lowest BCUT2D eigenvalue weighted by Crippen LogP contribution is -2.26. The predicted octanol–water partition coefficient (Wildman–Crippen LogP) is 2.52. The van der Waals surface area contributed by atoms with E-state index in [2.05, 4.69) is 27.3 Å². The van der Waals surface area contributed by atoms with Gasteiger partial charge < -0.3 is 15.2 Å². The SMILES string of the molecule is CC(C)OCC(O)CNc1ccc(Br)cc1C#N. The Bertz CT molecular complexity index is 429. The van der Waals surface area contributed by atoms with Gasteiger partial charge in [0.05, 0.1) is 30.1 Å². The zero-order valence-electron chi connectivity index (χ0n) is 10.5. The van der Waals surface area contributed by atoms with Crippen molar-refractivity contribution in [2.45, 2.75) is 26.1 Å². The van der Waals surface area contributed by atoms with Crippen molar-refractivity contribution in [2.24, 2.45) is 0 Å². The average Bonchev–Trinajstić information content (AvgIpc) is 2.34. The first-order valence-corrected chi connectivity index (χ1v) is 6.55. The molecule has 0 aliphatic heterocycles. The van der Waals surface area contributed by atoms with Crippen LogP contribution in [0.2, 0.25) is 0 Å². The van der Waals surface area contributed by atoms with Crippen LogP contribution in [-0.2, 0) is 4.74 Å². The van der Waals surface area contributed by atoms with Crippen LogP contribution in [-0.4, -0.2) is 30.5 Å². The summed E-state index contributed by atoms with van der Waals surface area (Å²) in [6.07, 6.45) is -0.496. The van der Waals surface area contributed by atoms with E-state index < -0.39 is 6.10 Å². The van der Waals surface area contributed by atoms with Crippen LogP contribution >= 0.6 is 15.9 Å². The van der Waals surface area contributed by atoms with Gasteiger partial charge in [-0.05, 0) is 32.0 Å². The Kier molecular flexibility index (Phi) is 6.13. The molecule has 0 amide bonds. The van der Waals surface area contributed by atoms with Crippen molar-refractivity contribution < 1.29 is 9.84 Å². The Hall–Kier alpha value is -1.09. The van der Waals surface area contributed by atoms with Gasteiger partial charge in [-0.3, -0.25) is 0 Å². The Labute approximate surface area is 116 Å². The molecule has 0 aliphatic carbocycles. The molecule has 1 aromatic carbocycles. The second-order valence-electron chi connectivity index (χ2n) is 4.22. The van der Waals surface area contributed by atoms with Crippen LogP contribution in [0.4, 0.5) is 5.69 Å². The van der Waals surface area contributed by atoms with Gasteiger partial charge in [0.15, 0.2) is 0 Å². The molecule has 0 bridgehead atoms. The molecule has 0 saturated heterocycles. The highest BCUT2D eigenvalue weighted by Crippen LogP contribution is 2.20. The lowest BCUT2D eigenvalue weighted by molar-refractivity contribution is 0.0112. The summed E-state index contributed by atoms with van der Waals surface area (Å²) in [7, 11) is 0. The number of hydrogen-bond donors (Lipinski definition) is 2. The monoisotopic (exact) mass is 312 g/mol. The quantitative estimate of drug-likeness (QED) is 0.847. The number of anilines is 1. The minimum Gasteiger partial charge on any atom is -0.389 e. The van der Waals surface area contributed by atoms with E-state index in [1.165, 1.54) is 0 Å². The molecule has 0 heterocycles. The van der Waals surface area contributed by atoms with E-state index in [1.54, 1.807) is 12.1 Å². The lowest BCUT2D eigenvalue weighted by atomic mass is 10.2. The Balaban J connectivity index is 2.51. The van der Waals surface area contributed by atoms with Crippen LogP contribution in [0.25, 0.3) is 0 Å². The van der Waals surface area contributed by atoms with E-state index in [0.717, 1.165) is 4.47 Å². The van der Waals surface area contributed by atoms with Crippen LogP contribution in [0.1, 0.15) is 19.4 Å². The molecule has 1 atom stereocenters. The third-order valence-corrected chi connectivity index (χ3v) is 2.75. The van der Waals surface area contributed by atoms with E-state index in [0.29, 0.717) is 17.8 Å². The minimum atomic E-state index is -0.595. The molecule has 18 heavy (non-hydrogen) atoms. The summed E-state index contributed by atoms with van der Waals surface area (Å²) in [5, 5.41) is 21.7. The summed E-state index contributed by atoms with van der Waals surface area (Å²) in [6, 6.07) is 7.49. The maximum absolute atomic E-state index is 9.70. The van der Waals surface area contributed by atoms with Gasteiger partial charge in [-0.15, -0.1) is 0 Å². The largest absolute Gasteiger partial charge is 0.389 e. The summed E-state index contributed by atoms with van der Waals surface area (Å²) in [4.78, 5) is 0. The van der Waals surface area contributed by atoms with Gasteiger partial charge in [-0.25, -0.2) is 0 Å². The third-order valence-electron chi connectivity index (χ3n) is 2.25. The van der Waals surface area contributed by atoms with Crippen LogP contribution in [0, 0.1) is 11.3 Å². The van der Waals surface area contributed by atoms with Gasteiger partial charge in [0.1, 0.15) is 6.07 Å². The Morgan fingerprint density at radius 2 is 2.22 bits per heavy atom. The van der Waals surface area contributed by atoms with E-state index in [1.807, 2.05) is 19.9 Å². The van der Waals surface area contributed by atoms with E-state index >= 15 is 0 Å². The molecular weight excluding hydrogens is 296 g/mol. The first-order valence-electron chi connectivity index (χ1n) is 5.76. The van der Waals surface area contributed by atoms with Crippen molar-refractivity contribution in [3.05, 3.63) is 28.2 Å². The van der Waals surface area contributed by atoms with Crippen molar-refractivity contribution >= 4 is 21.6 Å². The fraction of sp³-hybridized carbons (Fsp3) is 0.462. The zero-order valence-corrected chi connectivity index (χ0v) is 12.1. The average molecular weight is 313 g/mol. The molecule has 98 valence electrons. The highest BCUT2D eigenvalue weighted by Gasteiger charge is 2.08. The Morgan fingerprint density at radius 3 is 2.83 bits per heavy atom. The van der Waals surface area contributed by atoms with Crippen LogP contribution in [0.15, 0.2) is 22.7 Å². The van der Waals surface area contributed by atoms with Crippen molar-refractivity contribution in [3.63, 3.8) is 0 Å². The van der Waals surface area contributed by atoms with Gasteiger partial charge in [0, 0.05) is 11.0 Å². The van der Waals surface area contributed by atoms with Gasteiger partial charge >= 0.3 is 0 Å². The summed E-state index contributed by atoms with van der Waals surface area (Å²) in [5.74, 6) is 0. The van der Waals surface area contributed by atoms with Crippen molar-refractivity contribution in [1.29, 1.82) is 5.26 Å². The van der Waals surface area contributed by atoms with Gasteiger partial charge in [0.25, 0.3) is 0 Å². The number of benzene rings is 1. The van der Waals surface area contributed by atoms with Crippen LogP contribution < -0.4 is 5.32 Å². The molecule has 1 rings (SSSR count). The molecular formula is C13H17BrN2O2. The highest BCUT2D eigenvalue weighted by atomic mass is 79.9. The van der Waals surface area contributed by atoms with Gasteiger partial charge in [-0.2, -0.15) is 5.26 Å². The number of nitriles is 1. The maximum atomic E-state index is 9.70. The van der Waals surface area contributed by atoms with Crippen molar-refractivity contribution in [1.82, 2.24) is 0 Å². The number of aliphatic hydroxyl groups excluding tert-OH is 1. The smallest absolute Gasteiger partial charge is 0.101 e. The fourth-order valence-electron chi connectivity index (χ4n) is 1.35. The fourth-order valence-corrected chi connectivity index (χ4v) is 1.71. The summed E-state index contributed by atoms with van der Waals surface area (Å²) >= 11 is 3.31. The molecule has 4 nitrogen and oxygen atoms in total. The van der Waals surface area contributed by atoms with Crippen molar-refractivity contribution in [2.75, 3.05) is 18.5 Å². The number of nitrogens with zero attached hydrogens (tertiary/aromatic N) is 1. The third kappa shape index (κ3) is 5.05. The molecule has 5 heteroatoms. The number of rotatable bonds is 6. The summed E-state index contributed by atoms with van der Waals surface area (Å²) < 4.78 is 6.16. The molecule has 0 spiro atoms. The molecule has 0 aromatic heterocycles. The molecule has 0 saturated carbocycles. The molecule has 0 radical (unpaired) electrons. The van der Waals surface area contributed by atoms with E-state index in [-0.39, 0.29) is 12.7 Å². The predicted molar refractivity (Wildman–Crippen MR) is 74.4 cm³/mol. The number of hydrogen-bond acceptors (Lipinski definition) is 4. The second kappa shape index (κ2) is 7.37. The second-order valence-corrected chi connectivity index (χ2v) is 5.13. The van der Waals surface area contributed by atoms with Crippen LogP contribution in [0.5, 0.6) is 0 Å². The highest BCUT2D eigenvalue weighted by molar-refractivity contribution is 9.10. The van der Waals surface area contributed by atoms with E-state index in [9.17, 15) is 5.11 Å². The molecule has 0 fully saturated rings. The number of aliphatic hydroxyl groups is 1. The summed E-state index contributed by atoms with van der Waals surface area (Å²) in [6.45, 7) is 4.47. The summed E-state index contributed by atoms with van der Waals surface area (Å²) in [5.41, 5.74) is 1.26. The molecule has 2 N–H and O–H groups in total. The molecule has 1 aromatic rings. The number of ether oxygens (including phenoxy) is 1. The molecule has 0 aliphatic rings. The first kappa shape index (κ1) is 15.0. The first-order chi connectivity index (χ1) is 8.52. The van der Waals surface area contributed by atoms with E-state index in [4.69, 9.17) is 10.00 Å². The topological polar surface area (TPSA) is 65.3 Å². The van der Waals surface area contributed by atoms with Crippen LogP contribution in [0.3, 0.4) is 0 Å². The Morgan fingerprint density at radius 1 is 1.50 bits per heavy atom. The molecule has 1 unspecified atom stereocenters.